The Hall–Kier alpha value is -2.28. The van der Waals surface area contributed by atoms with E-state index in [4.69, 9.17) is 5.11 Å². The second kappa shape index (κ2) is 7.32. The van der Waals surface area contributed by atoms with Crippen molar-refractivity contribution in [1.82, 2.24) is 15.1 Å². The molecule has 122 valence electrons. The van der Waals surface area contributed by atoms with Gasteiger partial charge >= 0.3 is 5.97 Å². The SMILES string of the molecule is CC(Sc1ccccc1C(=O)NC(C)c1cnn(C)c1)C(=O)O. The molecule has 2 N–H and O–H groups in total. The van der Waals surface area contributed by atoms with Gasteiger partial charge in [-0.2, -0.15) is 5.10 Å². The van der Waals surface area contributed by atoms with E-state index >= 15 is 0 Å². The Kier molecular flexibility index (Phi) is 5.44. The molecule has 0 saturated carbocycles. The first-order valence-electron chi connectivity index (χ1n) is 7.16. The smallest absolute Gasteiger partial charge is 0.316 e. The number of nitrogens with one attached hydrogen (secondary N) is 1. The average molecular weight is 333 g/mol. The lowest BCUT2D eigenvalue weighted by molar-refractivity contribution is -0.136. The summed E-state index contributed by atoms with van der Waals surface area (Å²) in [7, 11) is 1.82. The molecule has 0 fully saturated rings. The number of aromatic nitrogens is 2. The van der Waals surface area contributed by atoms with Crippen LogP contribution in [-0.4, -0.2) is 32.0 Å². The van der Waals surface area contributed by atoms with E-state index in [1.165, 1.54) is 0 Å². The molecule has 0 bridgehead atoms. The Bertz CT molecular complexity index is 714. The quantitative estimate of drug-likeness (QED) is 0.793. The highest BCUT2D eigenvalue weighted by molar-refractivity contribution is 8.00. The van der Waals surface area contributed by atoms with Gasteiger partial charge in [0.05, 0.1) is 17.8 Å². The van der Waals surface area contributed by atoms with Crippen LogP contribution in [0.15, 0.2) is 41.6 Å². The Morgan fingerprint density at radius 2 is 2.00 bits per heavy atom. The zero-order valence-electron chi connectivity index (χ0n) is 13.2. The maximum Gasteiger partial charge on any atom is 0.316 e. The zero-order valence-corrected chi connectivity index (χ0v) is 14.0. The minimum Gasteiger partial charge on any atom is -0.480 e. The Balaban J connectivity index is 2.14. The third kappa shape index (κ3) is 4.35. The largest absolute Gasteiger partial charge is 0.480 e. The number of carboxylic acids is 1. The predicted octanol–water partition coefficient (Wildman–Crippen LogP) is 2.48. The van der Waals surface area contributed by atoms with Crippen molar-refractivity contribution < 1.29 is 14.7 Å². The highest BCUT2D eigenvalue weighted by Gasteiger charge is 2.19. The van der Waals surface area contributed by atoms with Crippen LogP contribution in [0.25, 0.3) is 0 Å². The highest BCUT2D eigenvalue weighted by atomic mass is 32.2. The van der Waals surface area contributed by atoms with Crippen LogP contribution in [0.4, 0.5) is 0 Å². The molecule has 2 aromatic rings. The lowest BCUT2D eigenvalue weighted by atomic mass is 10.1. The summed E-state index contributed by atoms with van der Waals surface area (Å²) in [6.07, 6.45) is 3.55. The number of carbonyl (C=O) groups excluding carboxylic acids is 1. The third-order valence-electron chi connectivity index (χ3n) is 3.36. The van der Waals surface area contributed by atoms with E-state index in [-0.39, 0.29) is 11.9 Å². The molecule has 0 aliphatic carbocycles. The van der Waals surface area contributed by atoms with Gasteiger partial charge in [-0.15, -0.1) is 11.8 Å². The van der Waals surface area contributed by atoms with Crippen molar-refractivity contribution in [2.45, 2.75) is 30.0 Å². The first-order valence-corrected chi connectivity index (χ1v) is 8.04. The number of rotatable bonds is 6. The molecule has 0 aliphatic heterocycles. The molecule has 0 aliphatic rings. The van der Waals surface area contributed by atoms with Gasteiger partial charge in [0.2, 0.25) is 0 Å². The standard InChI is InChI=1S/C16H19N3O3S/c1-10(12-8-17-19(3)9-12)18-15(20)13-6-4-5-7-14(13)23-11(2)16(21)22/h4-11H,1-3H3,(H,18,20)(H,21,22). The predicted molar refractivity (Wildman–Crippen MR) is 88.5 cm³/mol. The van der Waals surface area contributed by atoms with Crippen LogP contribution in [0.3, 0.4) is 0 Å². The van der Waals surface area contributed by atoms with E-state index in [0.717, 1.165) is 17.3 Å². The summed E-state index contributed by atoms with van der Waals surface area (Å²) in [5.74, 6) is -1.14. The summed E-state index contributed by atoms with van der Waals surface area (Å²) in [5.41, 5.74) is 1.38. The molecule has 0 radical (unpaired) electrons. The van der Waals surface area contributed by atoms with Crippen LogP contribution in [0.1, 0.15) is 35.8 Å². The number of carboxylic acid groups (broad SMARTS) is 1. The molecular weight excluding hydrogens is 314 g/mol. The van der Waals surface area contributed by atoms with Gasteiger partial charge < -0.3 is 10.4 Å². The maximum atomic E-state index is 12.5. The summed E-state index contributed by atoms with van der Waals surface area (Å²) in [4.78, 5) is 24.2. The van der Waals surface area contributed by atoms with E-state index in [0.29, 0.717) is 10.5 Å². The molecule has 1 aromatic heterocycles. The fourth-order valence-corrected chi connectivity index (χ4v) is 2.95. The van der Waals surface area contributed by atoms with Crippen LogP contribution in [0.2, 0.25) is 0 Å². The van der Waals surface area contributed by atoms with E-state index in [2.05, 4.69) is 10.4 Å². The van der Waals surface area contributed by atoms with E-state index in [1.54, 1.807) is 42.1 Å². The molecule has 1 aromatic carbocycles. The number of carbonyl (C=O) groups is 2. The summed E-state index contributed by atoms with van der Waals surface area (Å²) in [5, 5.41) is 15.4. The highest BCUT2D eigenvalue weighted by Crippen LogP contribution is 2.27. The lowest BCUT2D eigenvalue weighted by Gasteiger charge is -2.15. The van der Waals surface area contributed by atoms with E-state index < -0.39 is 11.2 Å². The van der Waals surface area contributed by atoms with Gasteiger partial charge in [0, 0.05) is 23.7 Å². The summed E-state index contributed by atoms with van der Waals surface area (Å²) >= 11 is 1.16. The number of aryl methyl sites for hydroxylation is 1. The van der Waals surface area contributed by atoms with Gasteiger partial charge in [0.1, 0.15) is 5.25 Å². The molecule has 2 rings (SSSR count). The Labute approximate surface area is 138 Å². The van der Waals surface area contributed by atoms with Crippen molar-refractivity contribution in [3.05, 3.63) is 47.8 Å². The maximum absolute atomic E-state index is 12.5. The summed E-state index contributed by atoms with van der Waals surface area (Å²) < 4.78 is 1.68. The van der Waals surface area contributed by atoms with Crippen LogP contribution in [0, 0.1) is 0 Å². The Morgan fingerprint density at radius 3 is 2.61 bits per heavy atom. The molecule has 6 nitrogen and oxygen atoms in total. The minimum absolute atomic E-state index is 0.189. The van der Waals surface area contributed by atoms with E-state index in [1.807, 2.05) is 20.2 Å². The van der Waals surface area contributed by atoms with Crippen molar-refractivity contribution in [3.63, 3.8) is 0 Å². The normalized spacial score (nSPS) is 13.3. The average Bonchev–Trinajstić information content (AvgIpc) is 2.94. The number of benzene rings is 1. The number of nitrogens with zero attached hydrogens (tertiary/aromatic N) is 2. The van der Waals surface area contributed by atoms with Crippen molar-refractivity contribution >= 4 is 23.6 Å². The van der Waals surface area contributed by atoms with Gasteiger partial charge in [-0.1, -0.05) is 12.1 Å². The van der Waals surface area contributed by atoms with Crippen LogP contribution < -0.4 is 5.32 Å². The molecule has 0 spiro atoms. The van der Waals surface area contributed by atoms with Gasteiger partial charge in [-0.05, 0) is 26.0 Å². The second-order valence-corrected chi connectivity index (χ2v) is 6.62. The monoisotopic (exact) mass is 333 g/mol. The van der Waals surface area contributed by atoms with Crippen molar-refractivity contribution in [3.8, 4) is 0 Å². The topological polar surface area (TPSA) is 84.2 Å². The van der Waals surface area contributed by atoms with Gasteiger partial charge in [0.15, 0.2) is 0 Å². The van der Waals surface area contributed by atoms with Gasteiger partial charge in [-0.3, -0.25) is 14.3 Å². The number of hydrogen-bond donors (Lipinski definition) is 2. The lowest BCUT2D eigenvalue weighted by Crippen LogP contribution is -2.27. The molecule has 1 heterocycles. The molecule has 2 atom stereocenters. The van der Waals surface area contributed by atoms with Crippen molar-refractivity contribution in [1.29, 1.82) is 0 Å². The Morgan fingerprint density at radius 1 is 1.30 bits per heavy atom. The number of amides is 1. The molecule has 0 saturated heterocycles. The van der Waals surface area contributed by atoms with E-state index in [9.17, 15) is 9.59 Å². The first kappa shape index (κ1) is 17.1. The minimum atomic E-state index is -0.908. The number of hydrogen-bond acceptors (Lipinski definition) is 4. The summed E-state index contributed by atoms with van der Waals surface area (Å²) in [6.45, 7) is 3.48. The van der Waals surface area contributed by atoms with Crippen LogP contribution in [-0.2, 0) is 11.8 Å². The molecular formula is C16H19N3O3S. The van der Waals surface area contributed by atoms with Crippen molar-refractivity contribution in [2.24, 2.45) is 7.05 Å². The van der Waals surface area contributed by atoms with Gasteiger partial charge in [-0.25, -0.2) is 0 Å². The number of aliphatic carboxylic acids is 1. The number of thioether (sulfide) groups is 1. The second-order valence-electron chi connectivity index (χ2n) is 5.24. The fourth-order valence-electron chi connectivity index (χ4n) is 2.02. The van der Waals surface area contributed by atoms with Crippen molar-refractivity contribution in [2.75, 3.05) is 0 Å². The first-order chi connectivity index (χ1) is 10.9. The molecule has 1 amide bonds. The summed E-state index contributed by atoms with van der Waals surface area (Å²) in [6, 6.07) is 6.82. The molecule has 23 heavy (non-hydrogen) atoms. The zero-order chi connectivity index (χ0) is 17.0. The van der Waals surface area contributed by atoms with Crippen LogP contribution in [0.5, 0.6) is 0 Å². The van der Waals surface area contributed by atoms with Gasteiger partial charge in [0.25, 0.3) is 5.91 Å². The molecule has 2 unspecified atom stereocenters. The van der Waals surface area contributed by atoms with Crippen LogP contribution >= 0.6 is 11.8 Å². The molecule has 7 heteroatoms. The fraction of sp³-hybridized carbons (Fsp3) is 0.312. The third-order valence-corrected chi connectivity index (χ3v) is 4.52.